The molecular formula is C13H13BrF3NO. The number of hydrogen-bond acceptors (Lipinski definition) is 1. The number of nitrogens with one attached hydrogen (secondary N) is 1. The van der Waals surface area contributed by atoms with Gasteiger partial charge in [0.25, 0.3) is 5.91 Å². The van der Waals surface area contributed by atoms with E-state index in [1.54, 1.807) is 0 Å². The minimum Gasteiger partial charge on any atom is -0.349 e. The van der Waals surface area contributed by atoms with Crippen molar-refractivity contribution in [3.8, 4) is 0 Å². The molecule has 2 rings (SSSR count). The Labute approximate surface area is 117 Å². The molecule has 1 aliphatic rings. The summed E-state index contributed by atoms with van der Waals surface area (Å²) in [6.07, 6.45) is -0.371. The topological polar surface area (TPSA) is 29.1 Å². The Balaban J connectivity index is 2.12. The molecule has 0 bridgehead atoms. The van der Waals surface area contributed by atoms with Crippen LogP contribution in [-0.4, -0.2) is 11.9 Å². The van der Waals surface area contributed by atoms with Gasteiger partial charge >= 0.3 is 6.18 Å². The van der Waals surface area contributed by atoms with Gasteiger partial charge in [-0.05, 0) is 31.0 Å². The van der Waals surface area contributed by atoms with Crippen LogP contribution in [0.25, 0.3) is 0 Å². The van der Waals surface area contributed by atoms with E-state index >= 15 is 0 Å². The van der Waals surface area contributed by atoms with Crippen LogP contribution in [-0.2, 0) is 6.18 Å². The number of amides is 1. The third kappa shape index (κ3) is 3.49. The molecule has 19 heavy (non-hydrogen) atoms. The summed E-state index contributed by atoms with van der Waals surface area (Å²) in [5.41, 5.74) is -0.531. The molecule has 0 heterocycles. The van der Waals surface area contributed by atoms with Crippen molar-refractivity contribution in [2.24, 2.45) is 0 Å². The quantitative estimate of drug-likeness (QED) is 0.864. The number of alkyl halides is 3. The highest BCUT2D eigenvalue weighted by molar-refractivity contribution is 9.10. The van der Waals surface area contributed by atoms with Crippen molar-refractivity contribution in [1.82, 2.24) is 5.32 Å². The maximum atomic E-state index is 12.6. The molecule has 1 aromatic carbocycles. The van der Waals surface area contributed by atoms with Crippen LogP contribution < -0.4 is 5.32 Å². The van der Waals surface area contributed by atoms with Gasteiger partial charge in [0.2, 0.25) is 0 Å². The van der Waals surface area contributed by atoms with E-state index in [1.165, 1.54) is 12.1 Å². The first kappa shape index (κ1) is 14.4. The molecule has 0 aromatic heterocycles. The maximum Gasteiger partial charge on any atom is 0.417 e. The van der Waals surface area contributed by atoms with Gasteiger partial charge in [0.05, 0.1) is 5.56 Å². The first-order valence-electron chi connectivity index (χ1n) is 6.05. The Morgan fingerprint density at radius 1 is 1.26 bits per heavy atom. The Bertz CT molecular complexity index is 481. The molecule has 1 aliphatic carbocycles. The number of carbonyl (C=O) groups excluding carboxylic acids is 1. The summed E-state index contributed by atoms with van der Waals surface area (Å²) in [6.45, 7) is 0. The molecule has 0 unspecified atom stereocenters. The molecule has 1 amide bonds. The van der Waals surface area contributed by atoms with Gasteiger partial charge in [-0.25, -0.2) is 0 Å². The Kier molecular flexibility index (Phi) is 4.18. The minimum atomic E-state index is -4.42. The van der Waals surface area contributed by atoms with E-state index in [-0.39, 0.29) is 22.0 Å². The van der Waals surface area contributed by atoms with Gasteiger partial charge in [0.15, 0.2) is 0 Å². The zero-order valence-corrected chi connectivity index (χ0v) is 11.6. The SMILES string of the molecule is O=C(NC1CCCC1)c1ccc(C(F)(F)F)c(Br)c1. The molecule has 0 radical (unpaired) electrons. The highest BCUT2D eigenvalue weighted by Crippen LogP contribution is 2.35. The van der Waals surface area contributed by atoms with Crippen LogP contribution >= 0.6 is 15.9 Å². The minimum absolute atomic E-state index is 0.112. The van der Waals surface area contributed by atoms with E-state index in [4.69, 9.17) is 0 Å². The van der Waals surface area contributed by atoms with Crippen molar-refractivity contribution in [1.29, 1.82) is 0 Å². The van der Waals surface area contributed by atoms with E-state index in [1.807, 2.05) is 0 Å². The fourth-order valence-corrected chi connectivity index (χ4v) is 2.83. The standard InChI is InChI=1S/C13H13BrF3NO/c14-11-7-8(5-6-10(11)13(15,16)17)12(19)18-9-3-1-2-4-9/h5-7,9H,1-4H2,(H,18,19). The Morgan fingerprint density at radius 2 is 1.89 bits per heavy atom. The largest absolute Gasteiger partial charge is 0.417 e. The van der Waals surface area contributed by atoms with Crippen LogP contribution in [0, 0.1) is 0 Å². The van der Waals surface area contributed by atoms with Crippen LogP contribution in [0.2, 0.25) is 0 Å². The van der Waals surface area contributed by atoms with Gasteiger partial charge in [-0.3, -0.25) is 4.79 Å². The van der Waals surface area contributed by atoms with Crippen molar-refractivity contribution in [3.63, 3.8) is 0 Å². The lowest BCUT2D eigenvalue weighted by Crippen LogP contribution is -2.32. The predicted molar refractivity (Wildman–Crippen MR) is 68.9 cm³/mol. The maximum absolute atomic E-state index is 12.6. The highest BCUT2D eigenvalue weighted by atomic mass is 79.9. The normalized spacial score (nSPS) is 16.6. The molecule has 1 N–H and O–H groups in total. The van der Waals surface area contributed by atoms with Gasteiger partial charge in [-0.15, -0.1) is 0 Å². The molecule has 0 atom stereocenters. The Hall–Kier alpha value is -1.04. The van der Waals surface area contributed by atoms with E-state index in [2.05, 4.69) is 21.2 Å². The smallest absolute Gasteiger partial charge is 0.349 e. The van der Waals surface area contributed by atoms with Crippen molar-refractivity contribution in [2.75, 3.05) is 0 Å². The number of halogens is 4. The first-order chi connectivity index (χ1) is 8.88. The van der Waals surface area contributed by atoms with Crippen LogP contribution in [0.5, 0.6) is 0 Å². The fraction of sp³-hybridized carbons (Fsp3) is 0.462. The summed E-state index contributed by atoms with van der Waals surface area (Å²) in [5.74, 6) is -0.318. The first-order valence-corrected chi connectivity index (χ1v) is 6.85. The van der Waals surface area contributed by atoms with Crippen LogP contribution in [0.4, 0.5) is 13.2 Å². The summed E-state index contributed by atoms with van der Waals surface area (Å²) >= 11 is 2.86. The van der Waals surface area contributed by atoms with Crippen LogP contribution in [0.15, 0.2) is 22.7 Å². The second-order valence-corrected chi connectivity index (χ2v) is 5.50. The van der Waals surface area contributed by atoms with Crippen molar-refractivity contribution in [2.45, 2.75) is 37.9 Å². The zero-order chi connectivity index (χ0) is 14.0. The Morgan fingerprint density at radius 3 is 2.42 bits per heavy atom. The van der Waals surface area contributed by atoms with Gasteiger partial charge < -0.3 is 5.32 Å². The van der Waals surface area contributed by atoms with Crippen LogP contribution in [0.1, 0.15) is 41.6 Å². The molecular weight excluding hydrogens is 323 g/mol. The van der Waals surface area contributed by atoms with Crippen molar-refractivity contribution >= 4 is 21.8 Å². The highest BCUT2D eigenvalue weighted by Gasteiger charge is 2.33. The second-order valence-electron chi connectivity index (χ2n) is 4.65. The lowest BCUT2D eigenvalue weighted by atomic mass is 10.1. The molecule has 1 aromatic rings. The van der Waals surface area contributed by atoms with E-state index < -0.39 is 11.7 Å². The van der Waals surface area contributed by atoms with Gasteiger partial charge in [0.1, 0.15) is 0 Å². The average Bonchev–Trinajstić information content (AvgIpc) is 2.79. The van der Waals surface area contributed by atoms with Crippen molar-refractivity contribution in [3.05, 3.63) is 33.8 Å². The summed E-state index contributed by atoms with van der Waals surface area (Å²) < 4.78 is 37.6. The monoisotopic (exact) mass is 335 g/mol. The van der Waals surface area contributed by atoms with Gasteiger partial charge in [-0.1, -0.05) is 28.8 Å². The van der Waals surface area contributed by atoms with Gasteiger partial charge in [-0.2, -0.15) is 13.2 Å². The number of carbonyl (C=O) groups is 1. The number of benzene rings is 1. The molecule has 0 spiro atoms. The van der Waals surface area contributed by atoms with Crippen molar-refractivity contribution < 1.29 is 18.0 Å². The number of hydrogen-bond donors (Lipinski definition) is 1. The second kappa shape index (κ2) is 5.53. The number of rotatable bonds is 2. The van der Waals surface area contributed by atoms with Crippen LogP contribution in [0.3, 0.4) is 0 Å². The fourth-order valence-electron chi connectivity index (χ4n) is 2.23. The van der Waals surface area contributed by atoms with Gasteiger partial charge in [0, 0.05) is 16.1 Å². The molecule has 0 saturated heterocycles. The molecule has 0 aliphatic heterocycles. The zero-order valence-electron chi connectivity index (χ0n) is 10.1. The molecule has 1 saturated carbocycles. The predicted octanol–water partition coefficient (Wildman–Crippen LogP) is 4.14. The molecule has 1 fully saturated rings. The molecule has 6 heteroatoms. The van der Waals surface area contributed by atoms with E-state index in [9.17, 15) is 18.0 Å². The third-order valence-electron chi connectivity index (χ3n) is 3.23. The molecule has 104 valence electrons. The van der Waals surface area contributed by atoms with E-state index in [0.717, 1.165) is 31.7 Å². The summed E-state index contributed by atoms with van der Waals surface area (Å²) in [5, 5.41) is 2.84. The average molecular weight is 336 g/mol. The lowest BCUT2D eigenvalue weighted by molar-refractivity contribution is -0.138. The van der Waals surface area contributed by atoms with E-state index in [0.29, 0.717) is 0 Å². The lowest BCUT2D eigenvalue weighted by Gasteiger charge is -2.13. The summed E-state index contributed by atoms with van der Waals surface area (Å²) in [4.78, 5) is 11.9. The summed E-state index contributed by atoms with van der Waals surface area (Å²) in [7, 11) is 0. The summed E-state index contributed by atoms with van der Waals surface area (Å²) in [6, 6.07) is 3.49. The molecule has 2 nitrogen and oxygen atoms in total. The third-order valence-corrected chi connectivity index (χ3v) is 3.88.